The van der Waals surface area contributed by atoms with Gasteiger partial charge in [-0.15, -0.1) is 3.89 Å². The predicted octanol–water partition coefficient (Wildman–Crippen LogP) is 1.95. The Kier molecular flexibility index (Phi) is 4.52. The molecule has 1 aliphatic heterocycles. The number of hydrogen-bond acceptors (Lipinski definition) is 4. The standard InChI is InChI=1S/C12H13FINO4S/c1-19-11-3-2-9(5-10(11)14)15-6-8(4-12(15)16)7-20(13,17)18/h2-3,5,8H,4,6-7H2,1H3. The Labute approximate surface area is 130 Å². The summed E-state index contributed by atoms with van der Waals surface area (Å²) in [4.78, 5) is 13.4. The molecule has 2 rings (SSSR count). The molecular weight excluding hydrogens is 400 g/mol. The number of anilines is 1. The topological polar surface area (TPSA) is 63.7 Å². The average Bonchev–Trinajstić information content (AvgIpc) is 2.67. The molecular formula is C12H13FINO4S. The molecule has 1 aliphatic rings. The minimum atomic E-state index is -4.56. The lowest BCUT2D eigenvalue weighted by Gasteiger charge is -2.17. The highest BCUT2D eigenvalue weighted by Gasteiger charge is 2.33. The van der Waals surface area contributed by atoms with E-state index < -0.39 is 21.9 Å². The first-order valence-electron chi connectivity index (χ1n) is 5.86. The van der Waals surface area contributed by atoms with Crippen LogP contribution in [0.3, 0.4) is 0 Å². The van der Waals surface area contributed by atoms with Crippen molar-refractivity contribution in [1.82, 2.24) is 0 Å². The van der Waals surface area contributed by atoms with E-state index in [9.17, 15) is 17.1 Å². The van der Waals surface area contributed by atoms with Crippen LogP contribution in [0.1, 0.15) is 6.42 Å². The van der Waals surface area contributed by atoms with Crippen LogP contribution in [-0.2, 0) is 15.0 Å². The molecule has 0 saturated carbocycles. The Balaban J connectivity index is 2.18. The zero-order valence-corrected chi connectivity index (χ0v) is 13.6. The summed E-state index contributed by atoms with van der Waals surface area (Å²) in [6.45, 7) is 0.213. The van der Waals surface area contributed by atoms with Crippen molar-refractivity contribution < 1.29 is 21.8 Å². The summed E-state index contributed by atoms with van der Waals surface area (Å²) in [6, 6.07) is 5.25. The quantitative estimate of drug-likeness (QED) is 0.560. The van der Waals surface area contributed by atoms with Gasteiger partial charge in [0.05, 0.1) is 16.4 Å². The summed E-state index contributed by atoms with van der Waals surface area (Å²) < 4.78 is 40.0. The molecule has 0 bridgehead atoms. The van der Waals surface area contributed by atoms with Crippen LogP contribution in [0.15, 0.2) is 18.2 Å². The van der Waals surface area contributed by atoms with Gasteiger partial charge in [-0.2, -0.15) is 8.42 Å². The van der Waals surface area contributed by atoms with Gasteiger partial charge in [0.15, 0.2) is 0 Å². The maximum absolute atomic E-state index is 12.7. The number of nitrogens with zero attached hydrogens (tertiary/aromatic N) is 1. The molecule has 1 fully saturated rings. The Morgan fingerprint density at radius 2 is 2.20 bits per heavy atom. The number of methoxy groups -OCH3 is 1. The molecule has 0 aromatic heterocycles. The summed E-state index contributed by atoms with van der Waals surface area (Å²) in [5.41, 5.74) is 0.666. The molecule has 0 N–H and O–H groups in total. The molecule has 1 amide bonds. The number of carbonyl (C=O) groups is 1. The second-order valence-corrected chi connectivity index (χ2v) is 7.17. The van der Waals surface area contributed by atoms with Gasteiger partial charge in [-0.25, -0.2) is 0 Å². The molecule has 20 heavy (non-hydrogen) atoms. The molecule has 1 heterocycles. The first-order chi connectivity index (χ1) is 9.30. The maximum atomic E-state index is 12.7. The first kappa shape index (κ1) is 15.5. The van der Waals surface area contributed by atoms with E-state index in [1.807, 2.05) is 0 Å². The van der Waals surface area contributed by atoms with Crippen molar-refractivity contribution in [2.24, 2.45) is 5.92 Å². The lowest BCUT2D eigenvalue weighted by Crippen LogP contribution is -2.25. The number of amides is 1. The van der Waals surface area contributed by atoms with Crippen LogP contribution >= 0.6 is 22.6 Å². The monoisotopic (exact) mass is 413 g/mol. The van der Waals surface area contributed by atoms with Crippen LogP contribution in [0, 0.1) is 9.49 Å². The zero-order chi connectivity index (χ0) is 14.9. The molecule has 1 saturated heterocycles. The number of carbonyl (C=O) groups excluding carboxylic acids is 1. The molecule has 0 spiro atoms. The van der Waals surface area contributed by atoms with Gasteiger partial charge in [-0.3, -0.25) is 4.79 Å². The fourth-order valence-electron chi connectivity index (χ4n) is 2.25. The fourth-order valence-corrected chi connectivity index (χ4v) is 3.75. The van der Waals surface area contributed by atoms with Crippen LogP contribution in [-0.4, -0.2) is 33.7 Å². The smallest absolute Gasteiger partial charge is 0.302 e. The number of ether oxygens (including phenoxy) is 1. The number of rotatable bonds is 4. The van der Waals surface area contributed by atoms with E-state index in [1.165, 1.54) is 4.90 Å². The third-order valence-corrected chi connectivity index (χ3v) is 4.80. The Hall–Kier alpha value is -0.900. The van der Waals surface area contributed by atoms with Gasteiger partial charge >= 0.3 is 10.2 Å². The second-order valence-electron chi connectivity index (χ2n) is 4.60. The van der Waals surface area contributed by atoms with Gasteiger partial charge in [0.25, 0.3) is 0 Å². The molecule has 5 nitrogen and oxygen atoms in total. The van der Waals surface area contributed by atoms with Crippen molar-refractivity contribution in [2.75, 3.05) is 24.3 Å². The Morgan fingerprint density at radius 3 is 2.75 bits per heavy atom. The summed E-state index contributed by atoms with van der Waals surface area (Å²) in [5, 5.41) is 0. The van der Waals surface area contributed by atoms with Crippen LogP contribution in [0.5, 0.6) is 5.75 Å². The highest BCUT2D eigenvalue weighted by molar-refractivity contribution is 14.1. The van der Waals surface area contributed by atoms with E-state index in [2.05, 4.69) is 22.6 Å². The van der Waals surface area contributed by atoms with Crippen LogP contribution in [0.2, 0.25) is 0 Å². The van der Waals surface area contributed by atoms with E-state index >= 15 is 0 Å². The van der Waals surface area contributed by atoms with Crippen molar-refractivity contribution in [3.8, 4) is 5.75 Å². The fraction of sp³-hybridized carbons (Fsp3) is 0.417. The zero-order valence-electron chi connectivity index (χ0n) is 10.7. The maximum Gasteiger partial charge on any atom is 0.302 e. The van der Waals surface area contributed by atoms with E-state index in [1.54, 1.807) is 25.3 Å². The van der Waals surface area contributed by atoms with E-state index in [0.29, 0.717) is 11.4 Å². The van der Waals surface area contributed by atoms with E-state index in [0.717, 1.165) is 3.57 Å². The molecule has 110 valence electrons. The minimum absolute atomic E-state index is 0.0474. The molecule has 1 atom stereocenters. The lowest BCUT2D eigenvalue weighted by molar-refractivity contribution is -0.117. The molecule has 1 aromatic carbocycles. The first-order valence-corrected chi connectivity index (χ1v) is 8.49. The molecule has 1 unspecified atom stereocenters. The third-order valence-electron chi connectivity index (χ3n) is 3.09. The van der Waals surface area contributed by atoms with Gasteiger partial charge in [0.2, 0.25) is 5.91 Å². The summed E-state index contributed by atoms with van der Waals surface area (Å²) in [5.74, 6) is -0.608. The Bertz CT molecular complexity index is 634. The minimum Gasteiger partial charge on any atom is -0.496 e. The molecule has 1 aromatic rings. The lowest BCUT2D eigenvalue weighted by atomic mass is 10.1. The van der Waals surface area contributed by atoms with Crippen molar-refractivity contribution in [3.05, 3.63) is 21.8 Å². The van der Waals surface area contributed by atoms with Crippen molar-refractivity contribution in [3.63, 3.8) is 0 Å². The van der Waals surface area contributed by atoms with Gasteiger partial charge in [0, 0.05) is 24.6 Å². The highest BCUT2D eigenvalue weighted by Crippen LogP contribution is 2.30. The number of benzene rings is 1. The summed E-state index contributed by atoms with van der Waals surface area (Å²) >= 11 is 2.09. The highest BCUT2D eigenvalue weighted by atomic mass is 127. The predicted molar refractivity (Wildman–Crippen MR) is 81.1 cm³/mol. The normalized spacial score (nSPS) is 19.4. The Morgan fingerprint density at radius 1 is 1.50 bits per heavy atom. The van der Waals surface area contributed by atoms with Crippen LogP contribution in [0.4, 0.5) is 9.57 Å². The van der Waals surface area contributed by atoms with Crippen LogP contribution < -0.4 is 9.64 Å². The molecule has 0 aliphatic carbocycles. The molecule has 0 radical (unpaired) electrons. The summed E-state index contributed by atoms with van der Waals surface area (Å²) in [7, 11) is -3.00. The van der Waals surface area contributed by atoms with Gasteiger partial charge in [-0.05, 0) is 40.8 Å². The SMILES string of the molecule is COc1ccc(N2CC(CS(=O)(=O)F)CC2=O)cc1I. The van der Waals surface area contributed by atoms with E-state index in [4.69, 9.17) is 4.74 Å². The van der Waals surface area contributed by atoms with Gasteiger partial charge in [0.1, 0.15) is 5.75 Å². The van der Waals surface area contributed by atoms with E-state index in [-0.39, 0.29) is 18.9 Å². The number of hydrogen-bond donors (Lipinski definition) is 0. The largest absolute Gasteiger partial charge is 0.496 e. The van der Waals surface area contributed by atoms with Crippen LogP contribution in [0.25, 0.3) is 0 Å². The molecule has 8 heteroatoms. The van der Waals surface area contributed by atoms with Crippen molar-refractivity contribution in [1.29, 1.82) is 0 Å². The van der Waals surface area contributed by atoms with Crippen molar-refractivity contribution in [2.45, 2.75) is 6.42 Å². The van der Waals surface area contributed by atoms with Gasteiger partial charge < -0.3 is 9.64 Å². The number of halogens is 2. The second kappa shape index (κ2) is 5.84. The average molecular weight is 413 g/mol. The summed E-state index contributed by atoms with van der Waals surface area (Å²) in [6.07, 6.45) is 0.0474. The van der Waals surface area contributed by atoms with Gasteiger partial charge in [-0.1, -0.05) is 0 Å². The third kappa shape index (κ3) is 3.60. The van der Waals surface area contributed by atoms with Crippen molar-refractivity contribution >= 4 is 44.4 Å².